The number of benzene rings is 1. The monoisotopic (exact) mass is 307 g/mol. The van der Waals surface area contributed by atoms with Crippen LogP contribution in [0.15, 0.2) is 18.2 Å². The van der Waals surface area contributed by atoms with Crippen LogP contribution in [0.5, 0.6) is 11.5 Å². The highest BCUT2D eigenvalue weighted by molar-refractivity contribution is 7.13. The number of fused-ring (bicyclic) bond motifs is 1. The van der Waals surface area contributed by atoms with Gasteiger partial charge in [0.1, 0.15) is 4.88 Å². The molecule has 2 heterocycles. The van der Waals surface area contributed by atoms with Crippen LogP contribution in [0.1, 0.15) is 39.8 Å². The molecule has 0 fully saturated rings. The van der Waals surface area contributed by atoms with Gasteiger partial charge in [0, 0.05) is 6.42 Å². The Labute approximate surface area is 127 Å². The minimum absolute atomic E-state index is 0.231. The number of rotatable bonds is 3. The number of carboxylic acids is 1. The molecule has 112 valence electrons. The van der Waals surface area contributed by atoms with E-state index in [0.717, 1.165) is 16.3 Å². The number of aromatic carboxylic acids is 1. The van der Waals surface area contributed by atoms with Crippen LogP contribution in [-0.4, -0.2) is 22.9 Å². The zero-order valence-corrected chi connectivity index (χ0v) is 13.0. The highest BCUT2D eigenvalue weighted by Gasteiger charge is 2.18. The van der Waals surface area contributed by atoms with Gasteiger partial charge in [-0.1, -0.05) is 19.9 Å². The highest BCUT2D eigenvalue weighted by atomic mass is 32.1. The molecule has 0 saturated heterocycles. The van der Waals surface area contributed by atoms with E-state index in [1.165, 1.54) is 11.3 Å². The zero-order valence-electron chi connectivity index (χ0n) is 12.2. The number of carbonyl (C=O) groups is 1. The van der Waals surface area contributed by atoms with Crippen LogP contribution in [0.4, 0.5) is 0 Å². The summed E-state index contributed by atoms with van der Waals surface area (Å²) in [4.78, 5) is 15.7. The molecule has 3 rings (SSSR count). The van der Waals surface area contributed by atoms with E-state index < -0.39 is 5.97 Å². The van der Waals surface area contributed by atoms with Crippen molar-refractivity contribution in [2.24, 2.45) is 0 Å². The number of aryl methyl sites for hydroxylation is 1. The second kappa shape index (κ2) is 6.58. The Bertz CT molecular complexity index is 651. The van der Waals surface area contributed by atoms with Crippen LogP contribution >= 0.6 is 11.3 Å². The van der Waals surface area contributed by atoms with Crippen molar-refractivity contribution < 1.29 is 19.4 Å². The van der Waals surface area contributed by atoms with Crippen LogP contribution in [0.25, 0.3) is 0 Å². The summed E-state index contributed by atoms with van der Waals surface area (Å²) in [5, 5.41) is 9.90. The molecular weight excluding hydrogens is 290 g/mol. The second-order valence-electron chi connectivity index (χ2n) is 4.18. The number of carboxylic acid groups (broad SMARTS) is 1. The molecule has 2 aromatic rings. The Morgan fingerprint density at radius 2 is 2.05 bits per heavy atom. The predicted molar refractivity (Wildman–Crippen MR) is 80.5 cm³/mol. The summed E-state index contributed by atoms with van der Waals surface area (Å²) < 4.78 is 10.5. The van der Waals surface area contributed by atoms with Gasteiger partial charge in [-0.15, -0.1) is 11.3 Å². The molecule has 1 aliphatic heterocycles. The SMILES string of the molecule is CC.Cc1nc(Cc2ccc3c(c2)OCO3)c(C(=O)O)s1. The van der Waals surface area contributed by atoms with Crippen LogP contribution in [0.3, 0.4) is 0 Å². The van der Waals surface area contributed by atoms with Gasteiger partial charge < -0.3 is 14.6 Å². The standard InChI is InChI=1S/C13H11NO4S.C2H6/c1-7-14-9(12(19-7)13(15)16)4-8-2-3-10-11(5-8)18-6-17-10;1-2/h2-3,5H,4,6H2,1H3,(H,15,16);1-2H3. The van der Waals surface area contributed by atoms with E-state index in [2.05, 4.69) is 4.98 Å². The topological polar surface area (TPSA) is 68.7 Å². The van der Waals surface area contributed by atoms with E-state index in [1.807, 2.05) is 32.0 Å². The summed E-state index contributed by atoms with van der Waals surface area (Å²) in [6.45, 7) is 6.04. The lowest BCUT2D eigenvalue weighted by Crippen LogP contribution is -2.00. The molecule has 5 nitrogen and oxygen atoms in total. The Balaban J connectivity index is 0.000000774. The van der Waals surface area contributed by atoms with Gasteiger partial charge in [-0.05, 0) is 24.6 Å². The Morgan fingerprint density at radius 1 is 1.33 bits per heavy atom. The molecule has 6 heteroatoms. The number of nitrogens with zero attached hydrogens (tertiary/aromatic N) is 1. The van der Waals surface area contributed by atoms with Crippen molar-refractivity contribution in [2.45, 2.75) is 27.2 Å². The Hall–Kier alpha value is -2.08. The van der Waals surface area contributed by atoms with Gasteiger partial charge in [-0.2, -0.15) is 0 Å². The van der Waals surface area contributed by atoms with Gasteiger partial charge >= 0.3 is 5.97 Å². The molecule has 21 heavy (non-hydrogen) atoms. The molecule has 0 radical (unpaired) electrons. The second-order valence-corrected chi connectivity index (χ2v) is 5.38. The summed E-state index contributed by atoms with van der Waals surface area (Å²) in [5.41, 5.74) is 1.55. The number of thiazole rings is 1. The smallest absolute Gasteiger partial charge is 0.347 e. The van der Waals surface area contributed by atoms with E-state index in [4.69, 9.17) is 14.6 Å². The lowest BCUT2D eigenvalue weighted by atomic mass is 10.1. The van der Waals surface area contributed by atoms with Crippen LogP contribution in [0.2, 0.25) is 0 Å². The largest absolute Gasteiger partial charge is 0.477 e. The van der Waals surface area contributed by atoms with Crippen LogP contribution in [0, 0.1) is 6.92 Å². The molecule has 0 unspecified atom stereocenters. The summed E-state index contributed by atoms with van der Waals surface area (Å²) in [6, 6.07) is 5.59. The van der Waals surface area contributed by atoms with Crippen molar-refractivity contribution in [1.29, 1.82) is 0 Å². The lowest BCUT2D eigenvalue weighted by molar-refractivity contribution is 0.0701. The van der Waals surface area contributed by atoms with Crippen molar-refractivity contribution in [1.82, 2.24) is 4.98 Å². The lowest BCUT2D eigenvalue weighted by Gasteiger charge is -2.02. The van der Waals surface area contributed by atoms with Gasteiger partial charge in [-0.3, -0.25) is 0 Å². The fourth-order valence-corrected chi connectivity index (χ4v) is 2.78. The minimum Gasteiger partial charge on any atom is -0.477 e. The molecule has 0 spiro atoms. The molecule has 1 N–H and O–H groups in total. The summed E-state index contributed by atoms with van der Waals surface area (Å²) in [5.74, 6) is 0.485. The van der Waals surface area contributed by atoms with Gasteiger partial charge in [0.2, 0.25) is 6.79 Å². The molecular formula is C15H17NO4S. The maximum Gasteiger partial charge on any atom is 0.347 e. The molecule has 0 amide bonds. The molecule has 0 atom stereocenters. The molecule has 1 aromatic carbocycles. The fourth-order valence-electron chi connectivity index (χ4n) is 2.00. The number of aromatic nitrogens is 1. The summed E-state index contributed by atoms with van der Waals surface area (Å²) >= 11 is 1.20. The fraction of sp³-hybridized carbons (Fsp3) is 0.333. The van der Waals surface area contributed by atoms with Crippen molar-refractivity contribution in [3.63, 3.8) is 0 Å². The first-order valence-corrected chi connectivity index (χ1v) is 7.53. The molecule has 0 saturated carbocycles. The van der Waals surface area contributed by atoms with Crippen LogP contribution in [-0.2, 0) is 6.42 Å². The third kappa shape index (κ3) is 3.33. The van der Waals surface area contributed by atoms with Gasteiger partial charge in [0.25, 0.3) is 0 Å². The third-order valence-electron chi connectivity index (χ3n) is 2.81. The number of hydrogen-bond donors (Lipinski definition) is 1. The maximum absolute atomic E-state index is 11.1. The summed E-state index contributed by atoms with van der Waals surface area (Å²) in [6.07, 6.45) is 0.475. The molecule has 0 bridgehead atoms. The van der Waals surface area contributed by atoms with Crippen molar-refractivity contribution in [2.75, 3.05) is 6.79 Å². The van der Waals surface area contributed by atoms with Gasteiger partial charge in [0.15, 0.2) is 11.5 Å². The average Bonchev–Trinajstić information content (AvgIpc) is 3.07. The predicted octanol–water partition coefficient (Wildman–Crippen LogP) is 3.50. The minimum atomic E-state index is -0.929. The quantitative estimate of drug-likeness (QED) is 0.940. The van der Waals surface area contributed by atoms with Crippen molar-refractivity contribution in [3.8, 4) is 11.5 Å². The summed E-state index contributed by atoms with van der Waals surface area (Å²) in [7, 11) is 0. The van der Waals surface area contributed by atoms with E-state index >= 15 is 0 Å². The van der Waals surface area contributed by atoms with E-state index in [0.29, 0.717) is 22.7 Å². The zero-order chi connectivity index (χ0) is 15.4. The Kier molecular flexibility index (Phi) is 4.80. The third-order valence-corrected chi connectivity index (χ3v) is 3.81. The highest BCUT2D eigenvalue weighted by Crippen LogP contribution is 2.33. The van der Waals surface area contributed by atoms with E-state index in [-0.39, 0.29) is 6.79 Å². The normalized spacial score (nSPS) is 11.8. The Morgan fingerprint density at radius 3 is 2.76 bits per heavy atom. The van der Waals surface area contributed by atoms with Crippen molar-refractivity contribution >= 4 is 17.3 Å². The van der Waals surface area contributed by atoms with E-state index in [1.54, 1.807) is 6.92 Å². The average molecular weight is 307 g/mol. The first-order valence-electron chi connectivity index (χ1n) is 6.71. The van der Waals surface area contributed by atoms with Gasteiger partial charge in [0.05, 0.1) is 10.7 Å². The van der Waals surface area contributed by atoms with Gasteiger partial charge in [-0.25, -0.2) is 9.78 Å². The van der Waals surface area contributed by atoms with E-state index in [9.17, 15) is 4.79 Å². The maximum atomic E-state index is 11.1. The van der Waals surface area contributed by atoms with Crippen LogP contribution < -0.4 is 9.47 Å². The number of hydrogen-bond acceptors (Lipinski definition) is 5. The molecule has 1 aromatic heterocycles. The molecule has 1 aliphatic rings. The number of ether oxygens (including phenoxy) is 2. The van der Waals surface area contributed by atoms with Crippen molar-refractivity contribution in [3.05, 3.63) is 39.3 Å². The first kappa shape index (κ1) is 15.3. The first-order chi connectivity index (χ1) is 10.1. The molecule has 0 aliphatic carbocycles.